The highest BCUT2D eigenvalue weighted by atomic mass is 35.5. The molecular weight excluding hydrogens is 361 g/mol. The summed E-state index contributed by atoms with van der Waals surface area (Å²) in [6.07, 6.45) is 4.99. The fraction of sp³-hybridized carbons (Fsp3) is 0.400. The zero-order valence-corrected chi connectivity index (χ0v) is 14.6. The highest BCUT2D eigenvalue weighted by molar-refractivity contribution is 7.80. The first-order chi connectivity index (χ1) is 11.1. The molecule has 5 nitrogen and oxygen atoms in total. The molecule has 0 bridgehead atoms. The second kappa shape index (κ2) is 8.68. The third-order valence-electron chi connectivity index (χ3n) is 3.70. The zero-order chi connectivity index (χ0) is 16.8. The maximum absolute atomic E-state index is 12.0. The molecule has 0 saturated heterocycles. The largest absolute Gasteiger partial charge is 0.468 e. The SMILES string of the molecule is O=COCCC1=CCCCC1N(c1c(Cl)cccc1Cl)S(=O)O. The van der Waals surface area contributed by atoms with Crippen molar-refractivity contribution in [2.45, 2.75) is 31.7 Å². The predicted molar refractivity (Wildman–Crippen MR) is 92.1 cm³/mol. The Morgan fingerprint density at radius 3 is 2.70 bits per heavy atom. The van der Waals surface area contributed by atoms with E-state index >= 15 is 0 Å². The lowest BCUT2D eigenvalue weighted by atomic mass is 9.91. The Morgan fingerprint density at radius 2 is 2.09 bits per heavy atom. The quantitative estimate of drug-likeness (QED) is 0.337. The topological polar surface area (TPSA) is 66.8 Å². The molecule has 1 aliphatic carbocycles. The third kappa shape index (κ3) is 4.47. The molecule has 0 spiro atoms. The van der Waals surface area contributed by atoms with Gasteiger partial charge in [0.15, 0.2) is 0 Å². The third-order valence-corrected chi connectivity index (χ3v) is 5.09. The van der Waals surface area contributed by atoms with Crippen molar-refractivity contribution in [1.82, 2.24) is 0 Å². The summed E-state index contributed by atoms with van der Waals surface area (Å²) in [6.45, 7) is 0.624. The molecule has 0 fully saturated rings. The smallest absolute Gasteiger partial charge is 0.293 e. The molecule has 1 aromatic carbocycles. The molecule has 0 radical (unpaired) electrons. The van der Waals surface area contributed by atoms with E-state index in [-0.39, 0.29) is 12.6 Å². The molecule has 1 N–H and O–H groups in total. The summed E-state index contributed by atoms with van der Waals surface area (Å²) in [5.41, 5.74) is 1.28. The molecule has 23 heavy (non-hydrogen) atoms. The minimum absolute atomic E-state index is 0.230. The van der Waals surface area contributed by atoms with Crippen molar-refractivity contribution in [2.24, 2.45) is 0 Å². The Morgan fingerprint density at radius 1 is 1.39 bits per heavy atom. The second-order valence-electron chi connectivity index (χ2n) is 5.07. The number of ether oxygens (including phenoxy) is 1. The van der Waals surface area contributed by atoms with E-state index in [1.807, 2.05) is 6.08 Å². The van der Waals surface area contributed by atoms with E-state index in [4.69, 9.17) is 27.9 Å². The molecule has 0 heterocycles. The van der Waals surface area contributed by atoms with Crippen molar-refractivity contribution in [3.05, 3.63) is 39.9 Å². The van der Waals surface area contributed by atoms with Gasteiger partial charge in [-0.25, -0.2) is 4.21 Å². The summed E-state index contributed by atoms with van der Waals surface area (Å²) in [5.74, 6) is 0. The van der Waals surface area contributed by atoms with Crippen molar-refractivity contribution < 1.29 is 18.3 Å². The first-order valence-electron chi connectivity index (χ1n) is 7.14. The zero-order valence-electron chi connectivity index (χ0n) is 12.3. The number of rotatable bonds is 7. The summed E-state index contributed by atoms with van der Waals surface area (Å²) in [6, 6.07) is 4.62. The first kappa shape index (κ1) is 18.3. The number of carbonyl (C=O) groups is 1. The number of allylic oxidation sites excluding steroid dienone is 1. The minimum Gasteiger partial charge on any atom is -0.468 e. The molecule has 0 saturated carbocycles. The van der Waals surface area contributed by atoms with Crippen LogP contribution in [0.2, 0.25) is 10.0 Å². The van der Waals surface area contributed by atoms with Gasteiger partial charge in [0.05, 0.1) is 28.4 Å². The van der Waals surface area contributed by atoms with Gasteiger partial charge in [-0.2, -0.15) is 0 Å². The fourth-order valence-corrected chi connectivity index (χ4v) is 4.22. The van der Waals surface area contributed by atoms with Gasteiger partial charge in [-0.1, -0.05) is 35.3 Å². The van der Waals surface area contributed by atoms with Crippen LogP contribution in [0.15, 0.2) is 29.8 Å². The fourth-order valence-electron chi connectivity index (χ4n) is 2.72. The van der Waals surface area contributed by atoms with E-state index in [9.17, 15) is 13.6 Å². The van der Waals surface area contributed by atoms with Crippen LogP contribution in [0.1, 0.15) is 25.7 Å². The van der Waals surface area contributed by atoms with Gasteiger partial charge < -0.3 is 4.74 Å². The van der Waals surface area contributed by atoms with Gasteiger partial charge in [0, 0.05) is 6.42 Å². The van der Waals surface area contributed by atoms with Crippen molar-refractivity contribution in [3.63, 3.8) is 0 Å². The predicted octanol–water partition coefficient (Wildman–Crippen LogP) is 3.98. The van der Waals surface area contributed by atoms with Crippen LogP contribution in [0, 0.1) is 0 Å². The minimum atomic E-state index is -2.29. The van der Waals surface area contributed by atoms with Crippen molar-refractivity contribution in [3.8, 4) is 0 Å². The summed E-state index contributed by atoms with van der Waals surface area (Å²) in [7, 11) is 0. The Hall–Kier alpha value is -1.08. The monoisotopic (exact) mass is 377 g/mol. The number of hydrogen-bond donors (Lipinski definition) is 1. The van der Waals surface area contributed by atoms with Crippen LogP contribution >= 0.6 is 23.2 Å². The molecule has 0 amide bonds. The Kier molecular flexibility index (Phi) is 6.89. The maximum atomic E-state index is 12.0. The Labute approximate surface area is 147 Å². The van der Waals surface area contributed by atoms with Gasteiger partial charge in [0.25, 0.3) is 17.7 Å². The van der Waals surface area contributed by atoms with Gasteiger partial charge in [0.1, 0.15) is 0 Å². The van der Waals surface area contributed by atoms with E-state index in [0.29, 0.717) is 35.0 Å². The van der Waals surface area contributed by atoms with Crippen LogP contribution < -0.4 is 4.31 Å². The molecular formula is C15H17Cl2NO4S. The van der Waals surface area contributed by atoms with Crippen molar-refractivity contribution in [1.29, 1.82) is 0 Å². The van der Waals surface area contributed by atoms with Crippen LogP contribution in [0.4, 0.5) is 5.69 Å². The maximum Gasteiger partial charge on any atom is 0.293 e. The van der Waals surface area contributed by atoms with Crippen LogP contribution in [0.5, 0.6) is 0 Å². The van der Waals surface area contributed by atoms with Gasteiger partial charge >= 0.3 is 0 Å². The van der Waals surface area contributed by atoms with E-state index in [2.05, 4.69) is 0 Å². The van der Waals surface area contributed by atoms with E-state index < -0.39 is 11.3 Å². The second-order valence-corrected chi connectivity index (χ2v) is 6.74. The van der Waals surface area contributed by atoms with Crippen LogP contribution in [-0.4, -0.2) is 27.9 Å². The normalized spacial score (nSPS) is 18.9. The van der Waals surface area contributed by atoms with Crippen LogP contribution in [-0.2, 0) is 20.8 Å². The average Bonchev–Trinajstić information content (AvgIpc) is 2.52. The van der Waals surface area contributed by atoms with Gasteiger partial charge in [-0.15, -0.1) is 0 Å². The van der Waals surface area contributed by atoms with Gasteiger partial charge in [-0.3, -0.25) is 13.7 Å². The number of carbonyl (C=O) groups excluding carboxylic acids is 1. The molecule has 2 unspecified atom stereocenters. The molecule has 1 aliphatic rings. The number of para-hydroxylation sites is 1. The van der Waals surface area contributed by atoms with Gasteiger partial charge in [0.2, 0.25) is 0 Å². The van der Waals surface area contributed by atoms with E-state index in [1.165, 1.54) is 4.31 Å². The van der Waals surface area contributed by atoms with Gasteiger partial charge in [-0.05, 0) is 37.0 Å². The standard InChI is InChI=1S/C15H17Cl2NO4S/c16-12-5-3-6-13(17)15(12)18(23(20)21)14-7-2-1-4-11(14)8-9-22-10-19/h3-6,10,14H,1-2,7-9H2,(H,20,21). The number of nitrogens with zero attached hydrogens (tertiary/aromatic N) is 1. The molecule has 126 valence electrons. The van der Waals surface area contributed by atoms with Crippen molar-refractivity contribution in [2.75, 3.05) is 10.9 Å². The summed E-state index contributed by atoms with van der Waals surface area (Å²) in [5, 5.41) is 0.628. The summed E-state index contributed by atoms with van der Waals surface area (Å²) < 4.78 is 27.9. The summed E-state index contributed by atoms with van der Waals surface area (Å²) >= 11 is 10.1. The lowest BCUT2D eigenvalue weighted by Crippen LogP contribution is -2.40. The highest BCUT2D eigenvalue weighted by Gasteiger charge is 2.31. The molecule has 0 aliphatic heterocycles. The lowest BCUT2D eigenvalue weighted by Gasteiger charge is -2.35. The number of benzene rings is 1. The molecule has 0 aromatic heterocycles. The number of anilines is 1. The highest BCUT2D eigenvalue weighted by Crippen LogP contribution is 2.39. The van der Waals surface area contributed by atoms with E-state index in [0.717, 1.165) is 18.4 Å². The molecule has 8 heteroatoms. The average molecular weight is 378 g/mol. The lowest BCUT2D eigenvalue weighted by molar-refractivity contribution is -0.128. The Balaban J connectivity index is 2.36. The molecule has 1 aromatic rings. The van der Waals surface area contributed by atoms with E-state index in [1.54, 1.807) is 18.2 Å². The summed E-state index contributed by atoms with van der Waals surface area (Å²) in [4.78, 5) is 10.3. The Bertz CT molecular complexity index is 603. The number of halogens is 2. The van der Waals surface area contributed by atoms with Crippen LogP contribution in [0.25, 0.3) is 0 Å². The molecule has 2 atom stereocenters. The number of hydrogen-bond acceptors (Lipinski definition) is 3. The first-order valence-corrected chi connectivity index (χ1v) is 8.96. The van der Waals surface area contributed by atoms with Crippen LogP contribution in [0.3, 0.4) is 0 Å². The molecule has 2 rings (SSSR count). The van der Waals surface area contributed by atoms with Crippen molar-refractivity contribution >= 4 is 46.6 Å².